The molecule has 0 saturated carbocycles. The molecule has 0 spiro atoms. The molecule has 0 radical (unpaired) electrons. The number of hydrogen-bond acceptors (Lipinski definition) is 2. The van der Waals surface area contributed by atoms with Crippen molar-refractivity contribution >= 4 is 39.7 Å². The molecule has 1 aromatic heterocycles. The first-order valence-corrected chi connectivity index (χ1v) is 6.56. The molecule has 92 valence electrons. The average molecular weight is 337 g/mol. The highest BCUT2D eigenvalue weighted by Crippen LogP contribution is 2.28. The van der Waals surface area contributed by atoms with Gasteiger partial charge in [-0.05, 0) is 47.0 Å². The van der Waals surface area contributed by atoms with Gasteiger partial charge in [0.05, 0.1) is 6.04 Å². The number of rotatable bonds is 2. The van der Waals surface area contributed by atoms with E-state index in [4.69, 9.17) is 5.73 Å². The minimum Gasteiger partial charge on any atom is -0.320 e. The summed E-state index contributed by atoms with van der Waals surface area (Å²) < 4.78 is 14.8. The summed E-state index contributed by atoms with van der Waals surface area (Å²) in [6.45, 7) is 1.74. The summed E-state index contributed by atoms with van der Waals surface area (Å²) in [5.74, 6) is -0.220. The highest BCUT2D eigenvalue weighted by Gasteiger charge is 2.16. The fraction of sp³-hybridized carbons (Fsp3) is 0.167. The molecule has 2 N–H and O–H groups in total. The lowest BCUT2D eigenvalue weighted by Crippen LogP contribution is -2.13. The van der Waals surface area contributed by atoms with Crippen LogP contribution in [0.2, 0.25) is 0 Å². The van der Waals surface area contributed by atoms with Gasteiger partial charge in [-0.3, -0.25) is 0 Å². The Morgan fingerprint density at radius 2 is 2.12 bits per heavy atom. The van der Waals surface area contributed by atoms with Gasteiger partial charge in [0.25, 0.3) is 0 Å². The van der Waals surface area contributed by atoms with Gasteiger partial charge in [-0.25, -0.2) is 4.39 Å². The molecule has 0 unspecified atom stereocenters. The third kappa shape index (κ3) is 3.07. The zero-order valence-corrected chi connectivity index (χ0v) is 12.3. The summed E-state index contributed by atoms with van der Waals surface area (Å²) in [5, 5.41) is 3.89. The van der Waals surface area contributed by atoms with Gasteiger partial charge in [-0.2, -0.15) is 11.3 Å². The van der Waals surface area contributed by atoms with Crippen LogP contribution >= 0.6 is 39.7 Å². The zero-order valence-electron chi connectivity index (χ0n) is 9.11. The van der Waals surface area contributed by atoms with Crippen molar-refractivity contribution in [1.29, 1.82) is 0 Å². The van der Waals surface area contributed by atoms with Crippen LogP contribution in [-0.4, -0.2) is 0 Å². The van der Waals surface area contributed by atoms with Gasteiger partial charge >= 0.3 is 0 Å². The Morgan fingerprint density at radius 1 is 1.41 bits per heavy atom. The first-order chi connectivity index (χ1) is 7.59. The topological polar surface area (TPSA) is 26.0 Å². The standard InChI is InChI=1S/C12H11BrFNS.ClH/c1-7-4-9(13)5-10(11(7)14)12(15)8-2-3-16-6-8;/h2-6,12H,15H2,1H3;1H/t12-;/m1./s1. The van der Waals surface area contributed by atoms with Gasteiger partial charge in [-0.15, -0.1) is 12.4 Å². The Kier molecular flexibility index (Phi) is 5.13. The van der Waals surface area contributed by atoms with E-state index in [1.165, 1.54) is 0 Å². The normalized spacial score (nSPS) is 12.0. The number of aryl methyl sites for hydroxylation is 1. The number of thiophene rings is 1. The van der Waals surface area contributed by atoms with Crippen molar-refractivity contribution in [2.75, 3.05) is 0 Å². The highest BCUT2D eigenvalue weighted by molar-refractivity contribution is 9.10. The highest BCUT2D eigenvalue weighted by atomic mass is 79.9. The number of nitrogens with two attached hydrogens (primary N) is 1. The average Bonchev–Trinajstić information content (AvgIpc) is 2.75. The van der Waals surface area contributed by atoms with Gasteiger partial charge in [0.2, 0.25) is 0 Å². The monoisotopic (exact) mass is 335 g/mol. The maximum absolute atomic E-state index is 13.9. The number of benzene rings is 1. The largest absolute Gasteiger partial charge is 0.320 e. The lowest BCUT2D eigenvalue weighted by Gasteiger charge is -2.13. The minimum absolute atomic E-state index is 0. The van der Waals surface area contributed by atoms with Gasteiger partial charge in [0.1, 0.15) is 5.82 Å². The molecule has 2 aromatic rings. The van der Waals surface area contributed by atoms with Gasteiger partial charge in [0, 0.05) is 10.0 Å². The van der Waals surface area contributed by atoms with Crippen LogP contribution in [0, 0.1) is 12.7 Å². The smallest absolute Gasteiger partial charge is 0.131 e. The molecular formula is C12H12BrClFNS. The quantitative estimate of drug-likeness (QED) is 0.862. The lowest BCUT2D eigenvalue weighted by molar-refractivity contribution is 0.591. The molecule has 0 aliphatic rings. The molecule has 5 heteroatoms. The fourth-order valence-corrected chi connectivity index (χ4v) is 2.90. The molecule has 0 amide bonds. The molecule has 17 heavy (non-hydrogen) atoms. The molecular weight excluding hydrogens is 325 g/mol. The summed E-state index contributed by atoms with van der Waals surface area (Å²) >= 11 is 4.92. The SMILES string of the molecule is Cc1cc(Br)cc([C@H](N)c2ccsc2)c1F.Cl. The van der Waals surface area contributed by atoms with Crippen molar-refractivity contribution in [1.82, 2.24) is 0 Å². The van der Waals surface area contributed by atoms with Crippen LogP contribution in [0.25, 0.3) is 0 Å². The van der Waals surface area contributed by atoms with Crippen LogP contribution in [0.1, 0.15) is 22.7 Å². The van der Waals surface area contributed by atoms with E-state index >= 15 is 0 Å². The molecule has 1 aromatic carbocycles. The summed E-state index contributed by atoms with van der Waals surface area (Å²) in [6.07, 6.45) is 0. The van der Waals surface area contributed by atoms with Gasteiger partial charge in [-0.1, -0.05) is 15.9 Å². The summed E-state index contributed by atoms with van der Waals surface area (Å²) in [7, 11) is 0. The third-order valence-corrected chi connectivity index (χ3v) is 3.64. The molecule has 1 heterocycles. The van der Waals surface area contributed by atoms with Crippen molar-refractivity contribution in [2.45, 2.75) is 13.0 Å². The van der Waals surface area contributed by atoms with Gasteiger partial charge in [0.15, 0.2) is 0 Å². The molecule has 1 nitrogen and oxygen atoms in total. The Morgan fingerprint density at radius 3 is 2.71 bits per heavy atom. The Labute approximate surface area is 118 Å². The zero-order chi connectivity index (χ0) is 11.7. The van der Waals surface area contributed by atoms with E-state index in [9.17, 15) is 4.39 Å². The molecule has 0 aliphatic heterocycles. The predicted octanol–water partition coefficient (Wildman–Crippen LogP) is 4.43. The van der Waals surface area contributed by atoms with Crippen LogP contribution in [0.3, 0.4) is 0 Å². The predicted molar refractivity (Wildman–Crippen MR) is 76.4 cm³/mol. The summed E-state index contributed by atoms with van der Waals surface area (Å²) in [5.41, 5.74) is 8.13. The summed E-state index contributed by atoms with van der Waals surface area (Å²) in [4.78, 5) is 0. The second-order valence-corrected chi connectivity index (χ2v) is 5.36. The van der Waals surface area contributed by atoms with E-state index < -0.39 is 6.04 Å². The minimum atomic E-state index is -0.401. The maximum Gasteiger partial charge on any atom is 0.131 e. The first-order valence-electron chi connectivity index (χ1n) is 4.83. The van der Waals surface area contributed by atoms with E-state index in [0.29, 0.717) is 11.1 Å². The molecule has 0 aliphatic carbocycles. The van der Waals surface area contributed by atoms with E-state index in [1.807, 2.05) is 16.8 Å². The van der Waals surface area contributed by atoms with Crippen molar-refractivity contribution in [3.05, 3.63) is 55.9 Å². The molecule has 0 fully saturated rings. The second-order valence-electron chi connectivity index (χ2n) is 3.66. The van der Waals surface area contributed by atoms with Crippen LogP contribution in [-0.2, 0) is 0 Å². The number of hydrogen-bond donors (Lipinski definition) is 1. The second kappa shape index (κ2) is 5.96. The van der Waals surface area contributed by atoms with Crippen LogP contribution < -0.4 is 5.73 Å². The number of halogens is 3. The van der Waals surface area contributed by atoms with Crippen molar-refractivity contribution in [2.24, 2.45) is 5.73 Å². The van der Waals surface area contributed by atoms with Crippen LogP contribution in [0.4, 0.5) is 4.39 Å². The van der Waals surface area contributed by atoms with E-state index in [1.54, 1.807) is 30.4 Å². The molecule has 0 bridgehead atoms. The maximum atomic E-state index is 13.9. The lowest BCUT2D eigenvalue weighted by atomic mass is 10.00. The first kappa shape index (κ1) is 14.6. The van der Waals surface area contributed by atoms with Crippen LogP contribution in [0.15, 0.2) is 33.4 Å². The Hall–Kier alpha value is -0.420. The van der Waals surface area contributed by atoms with Crippen molar-refractivity contribution in [3.8, 4) is 0 Å². The fourth-order valence-electron chi connectivity index (χ4n) is 1.61. The Bertz CT molecular complexity index is 501. The van der Waals surface area contributed by atoms with Crippen molar-refractivity contribution < 1.29 is 4.39 Å². The summed E-state index contributed by atoms with van der Waals surface area (Å²) in [6, 6.07) is 5.01. The van der Waals surface area contributed by atoms with E-state index in [-0.39, 0.29) is 18.2 Å². The van der Waals surface area contributed by atoms with E-state index in [2.05, 4.69) is 15.9 Å². The molecule has 1 atom stereocenters. The van der Waals surface area contributed by atoms with Gasteiger partial charge < -0.3 is 5.73 Å². The Balaban J connectivity index is 0.00000144. The van der Waals surface area contributed by atoms with E-state index in [0.717, 1.165) is 10.0 Å². The molecule has 2 rings (SSSR count). The van der Waals surface area contributed by atoms with Crippen molar-refractivity contribution in [3.63, 3.8) is 0 Å². The third-order valence-electron chi connectivity index (χ3n) is 2.48. The molecule has 0 saturated heterocycles. The van der Waals surface area contributed by atoms with Crippen LogP contribution in [0.5, 0.6) is 0 Å².